The number of hydrogen-bond acceptors (Lipinski definition) is 2. The standard InChI is InChI=1S/C13H17BrO2S/c1-13(2)9-3-4-12(13)17(15,16)11-7-5-10(14)6-8-11/h5-8,12H,3-4,9H2,1-2H3. The lowest BCUT2D eigenvalue weighted by Crippen LogP contribution is -2.31. The van der Waals surface area contributed by atoms with Crippen LogP contribution < -0.4 is 0 Å². The maximum absolute atomic E-state index is 12.5. The third-order valence-electron chi connectivity index (χ3n) is 3.68. The fraction of sp³-hybridized carbons (Fsp3) is 0.538. The average molecular weight is 317 g/mol. The van der Waals surface area contributed by atoms with Crippen LogP contribution in [0, 0.1) is 5.41 Å². The van der Waals surface area contributed by atoms with E-state index < -0.39 is 9.84 Å². The zero-order valence-electron chi connectivity index (χ0n) is 10.1. The number of halogens is 1. The van der Waals surface area contributed by atoms with Crippen LogP contribution in [-0.4, -0.2) is 13.7 Å². The Balaban J connectivity index is 2.40. The highest BCUT2D eigenvalue weighted by Crippen LogP contribution is 2.43. The predicted octanol–water partition coefficient (Wildman–Crippen LogP) is 3.80. The molecule has 0 heterocycles. The molecule has 94 valence electrons. The molecule has 1 aliphatic carbocycles. The molecule has 1 aromatic carbocycles. The highest BCUT2D eigenvalue weighted by atomic mass is 79.9. The highest BCUT2D eigenvalue weighted by Gasteiger charge is 2.43. The molecule has 1 fully saturated rings. The van der Waals surface area contributed by atoms with E-state index in [0.29, 0.717) is 4.90 Å². The van der Waals surface area contributed by atoms with Gasteiger partial charge in [0, 0.05) is 4.47 Å². The molecule has 0 saturated heterocycles. The highest BCUT2D eigenvalue weighted by molar-refractivity contribution is 9.10. The van der Waals surface area contributed by atoms with E-state index in [1.165, 1.54) is 0 Å². The van der Waals surface area contributed by atoms with Crippen LogP contribution in [0.25, 0.3) is 0 Å². The van der Waals surface area contributed by atoms with E-state index in [1.807, 2.05) is 0 Å². The van der Waals surface area contributed by atoms with Crippen molar-refractivity contribution in [1.29, 1.82) is 0 Å². The summed E-state index contributed by atoms with van der Waals surface area (Å²) in [6, 6.07) is 6.95. The van der Waals surface area contributed by atoms with Crippen LogP contribution in [0.2, 0.25) is 0 Å². The average Bonchev–Trinajstić information content (AvgIpc) is 2.59. The van der Waals surface area contributed by atoms with Gasteiger partial charge in [-0.2, -0.15) is 0 Å². The summed E-state index contributed by atoms with van der Waals surface area (Å²) in [6.45, 7) is 4.11. The number of hydrogen-bond donors (Lipinski definition) is 0. The molecule has 2 rings (SSSR count). The molecule has 1 atom stereocenters. The van der Waals surface area contributed by atoms with Crippen LogP contribution >= 0.6 is 15.9 Å². The number of rotatable bonds is 2. The van der Waals surface area contributed by atoms with E-state index in [1.54, 1.807) is 24.3 Å². The van der Waals surface area contributed by atoms with Crippen LogP contribution in [-0.2, 0) is 9.84 Å². The van der Waals surface area contributed by atoms with Crippen molar-refractivity contribution >= 4 is 25.8 Å². The maximum Gasteiger partial charge on any atom is 0.181 e. The van der Waals surface area contributed by atoms with Gasteiger partial charge >= 0.3 is 0 Å². The topological polar surface area (TPSA) is 34.1 Å². The van der Waals surface area contributed by atoms with Crippen molar-refractivity contribution in [2.75, 3.05) is 0 Å². The van der Waals surface area contributed by atoms with Gasteiger partial charge in [0.1, 0.15) is 0 Å². The first kappa shape index (κ1) is 13.1. The molecule has 1 saturated carbocycles. The largest absolute Gasteiger partial charge is 0.223 e. The van der Waals surface area contributed by atoms with Crippen molar-refractivity contribution in [3.8, 4) is 0 Å². The van der Waals surface area contributed by atoms with Gasteiger partial charge in [0.25, 0.3) is 0 Å². The molecule has 4 heteroatoms. The molecule has 0 spiro atoms. The van der Waals surface area contributed by atoms with Crippen LogP contribution in [0.3, 0.4) is 0 Å². The van der Waals surface area contributed by atoms with Crippen molar-refractivity contribution in [2.24, 2.45) is 5.41 Å². The molecule has 17 heavy (non-hydrogen) atoms. The summed E-state index contributed by atoms with van der Waals surface area (Å²) in [7, 11) is -3.18. The number of benzene rings is 1. The fourth-order valence-corrected chi connectivity index (χ4v) is 5.20. The van der Waals surface area contributed by atoms with Gasteiger partial charge in [-0.15, -0.1) is 0 Å². The van der Waals surface area contributed by atoms with Crippen molar-refractivity contribution in [3.05, 3.63) is 28.7 Å². The second-order valence-electron chi connectivity index (χ2n) is 5.37. The Bertz CT molecular complexity index is 503. The zero-order valence-corrected chi connectivity index (χ0v) is 12.5. The molecule has 2 nitrogen and oxygen atoms in total. The second-order valence-corrected chi connectivity index (χ2v) is 8.41. The molecule has 0 aliphatic heterocycles. The Labute approximate surface area is 111 Å². The van der Waals surface area contributed by atoms with Gasteiger partial charge in [0.15, 0.2) is 9.84 Å². The van der Waals surface area contributed by atoms with Crippen LogP contribution in [0.15, 0.2) is 33.6 Å². The zero-order chi connectivity index (χ0) is 12.7. The molecular formula is C13H17BrO2S. The van der Waals surface area contributed by atoms with E-state index >= 15 is 0 Å². The van der Waals surface area contributed by atoms with E-state index in [-0.39, 0.29) is 10.7 Å². The normalized spacial score (nSPS) is 23.8. The molecule has 0 amide bonds. The Morgan fingerprint density at radius 1 is 1.24 bits per heavy atom. The maximum atomic E-state index is 12.5. The SMILES string of the molecule is CC1(C)CCCC1S(=O)(=O)c1ccc(Br)cc1. The third-order valence-corrected chi connectivity index (χ3v) is 6.76. The first-order chi connectivity index (χ1) is 7.84. The Kier molecular flexibility index (Phi) is 3.38. The van der Waals surface area contributed by atoms with Gasteiger partial charge in [0.05, 0.1) is 10.1 Å². The molecule has 1 unspecified atom stereocenters. The summed E-state index contributed by atoms with van der Waals surface area (Å²) >= 11 is 3.32. The van der Waals surface area contributed by atoms with Crippen LogP contribution in [0.5, 0.6) is 0 Å². The van der Waals surface area contributed by atoms with E-state index in [2.05, 4.69) is 29.8 Å². The van der Waals surface area contributed by atoms with E-state index in [0.717, 1.165) is 23.7 Å². The van der Waals surface area contributed by atoms with Gasteiger partial charge in [0.2, 0.25) is 0 Å². The van der Waals surface area contributed by atoms with E-state index in [9.17, 15) is 8.42 Å². The van der Waals surface area contributed by atoms with Gasteiger partial charge in [-0.05, 0) is 42.5 Å². The minimum Gasteiger partial charge on any atom is -0.223 e. The van der Waals surface area contributed by atoms with Gasteiger partial charge in [-0.1, -0.05) is 36.2 Å². The molecule has 1 aromatic rings. The summed E-state index contributed by atoms with van der Waals surface area (Å²) in [5.41, 5.74) is -0.105. The summed E-state index contributed by atoms with van der Waals surface area (Å²) in [4.78, 5) is 0.445. The lowest BCUT2D eigenvalue weighted by Gasteiger charge is -2.26. The first-order valence-corrected chi connectivity index (χ1v) is 8.17. The molecule has 0 aromatic heterocycles. The Hall–Kier alpha value is -0.350. The predicted molar refractivity (Wildman–Crippen MR) is 72.7 cm³/mol. The minimum absolute atomic E-state index is 0.105. The molecule has 0 N–H and O–H groups in total. The molecule has 0 bridgehead atoms. The summed E-state index contributed by atoms with van der Waals surface area (Å²) in [6.07, 6.45) is 2.78. The summed E-state index contributed by atoms with van der Waals surface area (Å²) in [5, 5.41) is -0.240. The minimum atomic E-state index is -3.18. The molecular weight excluding hydrogens is 300 g/mol. The van der Waals surface area contributed by atoms with E-state index in [4.69, 9.17) is 0 Å². The number of sulfone groups is 1. The lowest BCUT2D eigenvalue weighted by molar-refractivity contribution is 0.379. The molecule has 0 radical (unpaired) electrons. The van der Waals surface area contributed by atoms with Crippen molar-refractivity contribution in [2.45, 2.75) is 43.3 Å². The Morgan fingerprint density at radius 3 is 2.29 bits per heavy atom. The fourth-order valence-electron chi connectivity index (χ4n) is 2.66. The Morgan fingerprint density at radius 2 is 1.82 bits per heavy atom. The smallest absolute Gasteiger partial charge is 0.181 e. The van der Waals surface area contributed by atoms with Crippen molar-refractivity contribution in [3.63, 3.8) is 0 Å². The van der Waals surface area contributed by atoms with Crippen molar-refractivity contribution < 1.29 is 8.42 Å². The van der Waals surface area contributed by atoms with Crippen LogP contribution in [0.4, 0.5) is 0 Å². The van der Waals surface area contributed by atoms with Gasteiger partial charge < -0.3 is 0 Å². The van der Waals surface area contributed by atoms with Gasteiger partial charge in [-0.25, -0.2) is 8.42 Å². The monoisotopic (exact) mass is 316 g/mol. The first-order valence-electron chi connectivity index (χ1n) is 5.83. The quantitative estimate of drug-likeness (QED) is 0.831. The lowest BCUT2D eigenvalue weighted by atomic mass is 9.92. The third kappa shape index (κ3) is 2.43. The second kappa shape index (κ2) is 4.39. The van der Waals surface area contributed by atoms with Gasteiger partial charge in [-0.3, -0.25) is 0 Å². The van der Waals surface area contributed by atoms with Crippen molar-refractivity contribution in [1.82, 2.24) is 0 Å². The summed E-state index contributed by atoms with van der Waals surface area (Å²) in [5.74, 6) is 0. The summed E-state index contributed by atoms with van der Waals surface area (Å²) < 4.78 is 26.0. The van der Waals surface area contributed by atoms with Crippen LogP contribution in [0.1, 0.15) is 33.1 Å². The molecule has 1 aliphatic rings.